The number of unbranched alkanes of at least 4 members (excludes halogenated alkanes) is 5. The SMILES string of the molecule is CCCCCCCCC(OC(C)=O)C(=O)O[C@H]1CC(C)(C)[C@@H]2CC=C(C=O)C3[C@@H](O)OC(=O)[C@@]32[C@H]1O. The van der Waals surface area contributed by atoms with Gasteiger partial charge in [-0.3, -0.25) is 14.4 Å². The summed E-state index contributed by atoms with van der Waals surface area (Å²) in [6.45, 7) is 7.16. The first kappa shape index (κ1) is 28.3. The molecule has 0 aromatic heterocycles. The van der Waals surface area contributed by atoms with Gasteiger partial charge in [0.05, 0.1) is 5.92 Å². The minimum absolute atomic E-state index is 0.187. The smallest absolute Gasteiger partial charge is 0.347 e. The van der Waals surface area contributed by atoms with E-state index in [2.05, 4.69) is 6.92 Å². The van der Waals surface area contributed by atoms with Crippen molar-refractivity contribution in [3.05, 3.63) is 11.6 Å². The Bertz CT molecular complexity index is 878. The fraction of sp³-hybridized carbons (Fsp3) is 0.778. The molecule has 3 aliphatic rings. The molecular weight excluding hydrogens is 468 g/mol. The predicted molar refractivity (Wildman–Crippen MR) is 128 cm³/mol. The number of ether oxygens (including phenoxy) is 3. The van der Waals surface area contributed by atoms with Gasteiger partial charge in [0.25, 0.3) is 0 Å². The average molecular weight is 509 g/mol. The summed E-state index contributed by atoms with van der Waals surface area (Å²) >= 11 is 0. The Morgan fingerprint density at radius 1 is 1.19 bits per heavy atom. The maximum Gasteiger partial charge on any atom is 0.347 e. The van der Waals surface area contributed by atoms with Crippen LogP contribution in [0.15, 0.2) is 11.6 Å². The molecule has 202 valence electrons. The van der Waals surface area contributed by atoms with Crippen molar-refractivity contribution in [1.29, 1.82) is 0 Å². The van der Waals surface area contributed by atoms with Crippen molar-refractivity contribution in [2.24, 2.45) is 22.7 Å². The molecule has 0 amide bonds. The summed E-state index contributed by atoms with van der Waals surface area (Å²) in [4.78, 5) is 49.8. The van der Waals surface area contributed by atoms with E-state index in [-0.39, 0.29) is 12.0 Å². The molecule has 1 heterocycles. The first-order valence-corrected chi connectivity index (χ1v) is 13.1. The second-order valence-electron chi connectivity index (χ2n) is 11.1. The van der Waals surface area contributed by atoms with Gasteiger partial charge in [-0.2, -0.15) is 0 Å². The minimum Gasteiger partial charge on any atom is -0.457 e. The minimum atomic E-state index is -1.63. The van der Waals surface area contributed by atoms with Crippen LogP contribution < -0.4 is 0 Å². The van der Waals surface area contributed by atoms with Gasteiger partial charge in [0, 0.05) is 6.92 Å². The summed E-state index contributed by atoms with van der Waals surface area (Å²) in [5, 5.41) is 22.1. The Balaban J connectivity index is 1.81. The van der Waals surface area contributed by atoms with Crippen molar-refractivity contribution in [3.63, 3.8) is 0 Å². The van der Waals surface area contributed by atoms with Crippen LogP contribution in [0.1, 0.15) is 85.5 Å². The van der Waals surface area contributed by atoms with Gasteiger partial charge in [-0.25, -0.2) is 4.79 Å². The Morgan fingerprint density at radius 3 is 2.50 bits per heavy atom. The molecular formula is C27H40O9. The standard InChI is InChI=1S/C27H40O9/c1-5-6-7-8-9-10-11-18(34-16(2)29)23(31)35-19-14-26(3,4)20-13-12-17(15-28)21-24(32)36-25(33)27(20,21)22(19)30/h12,15,18-22,24,30,32H,5-11,13-14H2,1-4H3/t18?,19-,20-,21?,22-,24-,27+/m0/s1. The van der Waals surface area contributed by atoms with E-state index in [1.54, 1.807) is 6.08 Å². The molecule has 0 radical (unpaired) electrons. The second-order valence-corrected chi connectivity index (χ2v) is 11.1. The number of cyclic esters (lactones) is 1. The van der Waals surface area contributed by atoms with E-state index in [0.29, 0.717) is 25.5 Å². The van der Waals surface area contributed by atoms with E-state index >= 15 is 0 Å². The fourth-order valence-electron chi connectivity index (χ4n) is 6.56. The zero-order valence-corrected chi connectivity index (χ0v) is 21.7. The van der Waals surface area contributed by atoms with Crippen LogP contribution in [0.2, 0.25) is 0 Å². The second kappa shape index (κ2) is 11.4. The number of rotatable bonds is 11. The van der Waals surface area contributed by atoms with Crippen LogP contribution in [-0.2, 0) is 33.4 Å². The highest BCUT2D eigenvalue weighted by molar-refractivity contribution is 5.87. The monoisotopic (exact) mass is 508 g/mol. The predicted octanol–water partition coefficient (Wildman–Crippen LogP) is 2.99. The molecule has 0 aromatic carbocycles. The molecule has 1 saturated carbocycles. The molecule has 36 heavy (non-hydrogen) atoms. The zero-order chi connectivity index (χ0) is 26.7. The molecule has 2 aliphatic carbocycles. The van der Waals surface area contributed by atoms with Crippen molar-refractivity contribution in [2.75, 3.05) is 0 Å². The summed E-state index contributed by atoms with van der Waals surface area (Å²) in [5.41, 5.74) is -2.05. The molecule has 2 fully saturated rings. The number of hydrogen-bond acceptors (Lipinski definition) is 9. The highest BCUT2D eigenvalue weighted by Gasteiger charge is 2.73. The fourth-order valence-corrected chi connectivity index (χ4v) is 6.56. The average Bonchev–Trinajstić information content (AvgIpc) is 3.08. The number of aliphatic hydroxyl groups excluding tert-OH is 2. The topological polar surface area (TPSA) is 136 Å². The van der Waals surface area contributed by atoms with Gasteiger partial charge in [0.2, 0.25) is 6.29 Å². The first-order chi connectivity index (χ1) is 17.0. The van der Waals surface area contributed by atoms with Crippen molar-refractivity contribution < 1.29 is 43.6 Å². The molecule has 1 aliphatic heterocycles. The van der Waals surface area contributed by atoms with Gasteiger partial charge >= 0.3 is 17.9 Å². The summed E-state index contributed by atoms with van der Waals surface area (Å²) in [5.74, 6) is -3.70. The quantitative estimate of drug-likeness (QED) is 0.187. The van der Waals surface area contributed by atoms with Crippen molar-refractivity contribution in [1.82, 2.24) is 0 Å². The third-order valence-electron chi connectivity index (χ3n) is 8.21. The van der Waals surface area contributed by atoms with E-state index in [1.807, 2.05) is 13.8 Å². The van der Waals surface area contributed by atoms with E-state index < -0.39 is 65.2 Å². The van der Waals surface area contributed by atoms with Gasteiger partial charge in [0.1, 0.15) is 23.9 Å². The number of carbonyl (C=O) groups excluding carboxylic acids is 4. The third-order valence-corrected chi connectivity index (χ3v) is 8.21. The molecule has 1 spiro atoms. The number of hydrogen-bond donors (Lipinski definition) is 2. The number of allylic oxidation sites excluding steroid dienone is 1. The lowest BCUT2D eigenvalue weighted by Crippen LogP contribution is -2.65. The summed E-state index contributed by atoms with van der Waals surface area (Å²) in [6.07, 6.45) is 3.77. The van der Waals surface area contributed by atoms with Crippen LogP contribution in [0.4, 0.5) is 0 Å². The lowest BCUT2D eigenvalue weighted by Gasteiger charge is -2.56. The Kier molecular flexibility index (Phi) is 8.98. The summed E-state index contributed by atoms with van der Waals surface area (Å²) < 4.78 is 16.1. The molecule has 0 bridgehead atoms. The lowest BCUT2D eigenvalue weighted by atomic mass is 9.46. The lowest BCUT2D eigenvalue weighted by molar-refractivity contribution is -0.212. The molecule has 2 unspecified atom stereocenters. The van der Waals surface area contributed by atoms with Crippen molar-refractivity contribution in [3.8, 4) is 0 Å². The highest BCUT2D eigenvalue weighted by atomic mass is 16.6. The van der Waals surface area contributed by atoms with E-state index in [1.165, 1.54) is 6.92 Å². The largest absolute Gasteiger partial charge is 0.457 e. The first-order valence-electron chi connectivity index (χ1n) is 13.1. The van der Waals surface area contributed by atoms with Gasteiger partial charge in [-0.05, 0) is 42.6 Å². The molecule has 0 aromatic rings. The molecule has 1 saturated heterocycles. The van der Waals surface area contributed by atoms with Gasteiger partial charge in [0.15, 0.2) is 6.10 Å². The number of carbonyl (C=O) groups is 4. The highest BCUT2D eigenvalue weighted by Crippen LogP contribution is 2.63. The zero-order valence-electron chi connectivity index (χ0n) is 21.7. The van der Waals surface area contributed by atoms with E-state index in [0.717, 1.165) is 32.1 Å². The van der Waals surface area contributed by atoms with E-state index in [4.69, 9.17) is 14.2 Å². The normalized spacial score (nSPS) is 33.4. The van der Waals surface area contributed by atoms with Crippen molar-refractivity contribution >= 4 is 24.2 Å². The Hall–Kier alpha value is -2.26. The Morgan fingerprint density at radius 2 is 1.86 bits per heavy atom. The Labute approximate surface area is 212 Å². The number of aldehydes is 1. The number of esters is 3. The molecule has 9 nitrogen and oxygen atoms in total. The molecule has 9 heteroatoms. The van der Waals surface area contributed by atoms with Crippen LogP contribution in [0.3, 0.4) is 0 Å². The van der Waals surface area contributed by atoms with Gasteiger partial charge < -0.3 is 24.4 Å². The summed E-state index contributed by atoms with van der Waals surface area (Å²) in [6, 6.07) is 0. The maximum atomic E-state index is 13.2. The van der Waals surface area contributed by atoms with Crippen LogP contribution in [0.25, 0.3) is 0 Å². The van der Waals surface area contributed by atoms with Crippen LogP contribution >= 0.6 is 0 Å². The molecule has 2 N–H and O–H groups in total. The van der Waals surface area contributed by atoms with Crippen LogP contribution in [0, 0.1) is 22.7 Å². The van der Waals surface area contributed by atoms with Gasteiger partial charge in [-0.15, -0.1) is 0 Å². The van der Waals surface area contributed by atoms with Crippen molar-refractivity contribution in [2.45, 2.75) is 110 Å². The summed E-state index contributed by atoms with van der Waals surface area (Å²) in [7, 11) is 0. The van der Waals surface area contributed by atoms with Crippen LogP contribution in [0.5, 0.6) is 0 Å². The van der Waals surface area contributed by atoms with Gasteiger partial charge in [-0.1, -0.05) is 59.0 Å². The van der Waals surface area contributed by atoms with E-state index in [9.17, 15) is 29.4 Å². The third kappa shape index (κ3) is 5.23. The maximum absolute atomic E-state index is 13.2. The molecule has 7 atom stereocenters. The molecule has 3 rings (SSSR count). The van der Waals surface area contributed by atoms with Crippen LogP contribution in [-0.4, -0.2) is 59.0 Å². The number of aliphatic hydroxyl groups is 2.